The molecule has 1 heterocycles. The summed E-state index contributed by atoms with van der Waals surface area (Å²) in [5.74, 6) is 1.96. The topological polar surface area (TPSA) is 62.3 Å². The lowest BCUT2D eigenvalue weighted by molar-refractivity contribution is 0.402. The second kappa shape index (κ2) is 4.37. The number of methoxy groups -OCH3 is 1. The van der Waals surface area contributed by atoms with E-state index in [9.17, 15) is 0 Å². The Morgan fingerprint density at radius 3 is 2.47 bits per heavy atom. The zero-order chi connectivity index (χ0) is 12.4. The molecule has 2 N–H and O–H groups in total. The molecule has 2 rings (SSSR count). The summed E-state index contributed by atoms with van der Waals surface area (Å²) in [6, 6.07) is 7.11. The first-order chi connectivity index (χ1) is 8.08. The van der Waals surface area contributed by atoms with E-state index in [1.165, 1.54) is 0 Å². The molecular formula is C12H15N3O2. The fourth-order valence-corrected chi connectivity index (χ4v) is 1.57. The van der Waals surface area contributed by atoms with Crippen LogP contribution in [0.5, 0.6) is 17.4 Å². The van der Waals surface area contributed by atoms with Crippen LogP contribution in [0.1, 0.15) is 5.69 Å². The molecule has 0 saturated carbocycles. The molecule has 1 aromatic heterocycles. The zero-order valence-electron chi connectivity index (χ0n) is 10.1. The largest absolute Gasteiger partial charge is 0.497 e. The highest BCUT2D eigenvalue weighted by molar-refractivity contribution is 5.51. The van der Waals surface area contributed by atoms with Crippen LogP contribution in [0, 0.1) is 6.92 Å². The van der Waals surface area contributed by atoms with Crippen molar-refractivity contribution in [1.82, 2.24) is 9.78 Å². The number of aryl methyl sites for hydroxylation is 2. The van der Waals surface area contributed by atoms with E-state index in [0.717, 1.165) is 5.69 Å². The Bertz CT molecular complexity index is 535. The quantitative estimate of drug-likeness (QED) is 0.825. The average Bonchev–Trinajstić information content (AvgIpc) is 2.56. The minimum absolute atomic E-state index is 0.596. The number of benzene rings is 1. The smallest absolute Gasteiger partial charge is 0.217 e. The van der Waals surface area contributed by atoms with Crippen molar-refractivity contribution in [3.63, 3.8) is 0 Å². The van der Waals surface area contributed by atoms with Crippen molar-refractivity contribution in [3.8, 4) is 17.4 Å². The van der Waals surface area contributed by atoms with Gasteiger partial charge >= 0.3 is 0 Å². The van der Waals surface area contributed by atoms with Crippen molar-refractivity contribution in [3.05, 3.63) is 30.0 Å². The van der Waals surface area contributed by atoms with Gasteiger partial charge in [0.1, 0.15) is 11.5 Å². The Hall–Kier alpha value is -2.17. The molecule has 0 spiro atoms. The molecule has 5 heteroatoms. The maximum absolute atomic E-state index is 5.75. The first-order valence-corrected chi connectivity index (χ1v) is 5.21. The van der Waals surface area contributed by atoms with Crippen LogP contribution in [0.2, 0.25) is 0 Å². The van der Waals surface area contributed by atoms with Crippen molar-refractivity contribution in [2.24, 2.45) is 7.05 Å². The van der Waals surface area contributed by atoms with Gasteiger partial charge in [0.05, 0.1) is 12.8 Å². The number of hydrogen-bond donors (Lipinski definition) is 1. The van der Waals surface area contributed by atoms with Crippen LogP contribution < -0.4 is 15.2 Å². The van der Waals surface area contributed by atoms with Crippen LogP contribution in [0.4, 0.5) is 5.69 Å². The third-order valence-corrected chi connectivity index (χ3v) is 2.32. The summed E-state index contributed by atoms with van der Waals surface area (Å²) in [5, 5.41) is 4.20. The second-order valence-electron chi connectivity index (χ2n) is 3.79. The Labute approximate surface area is 99.8 Å². The molecule has 0 aliphatic carbocycles. The van der Waals surface area contributed by atoms with Crippen molar-refractivity contribution in [1.29, 1.82) is 0 Å². The van der Waals surface area contributed by atoms with Crippen LogP contribution in [0.3, 0.4) is 0 Å². The number of aromatic nitrogens is 2. The summed E-state index contributed by atoms with van der Waals surface area (Å²) >= 11 is 0. The number of ether oxygens (including phenoxy) is 2. The SMILES string of the molecule is COc1cc(N)cc(Oc2cc(C)nn2C)c1. The van der Waals surface area contributed by atoms with Crippen LogP contribution in [-0.2, 0) is 7.05 Å². The van der Waals surface area contributed by atoms with Gasteiger partial charge in [-0.05, 0) is 6.92 Å². The zero-order valence-corrected chi connectivity index (χ0v) is 10.1. The summed E-state index contributed by atoms with van der Waals surface area (Å²) in [4.78, 5) is 0. The van der Waals surface area contributed by atoms with E-state index >= 15 is 0 Å². The standard InChI is InChI=1S/C12H15N3O2/c1-8-4-12(15(2)14-8)17-11-6-9(13)5-10(7-11)16-3/h4-7H,13H2,1-3H3. The molecule has 90 valence electrons. The van der Waals surface area contributed by atoms with Gasteiger partial charge in [-0.3, -0.25) is 0 Å². The van der Waals surface area contributed by atoms with E-state index in [1.54, 1.807) is 30.0 Å². The summed E-state index contributed by atoms with van der Waals surface area (Å²) < 4.78 is 12.5. The number of hydrogen-bond acceptors (Lipinski definition) is 4. The van der Waals surface area contributed by atoms with E-state index in [1.807, 2.05) is 20.0 Å². The minimum Gasteiger partial charge on any atom is -0.497 e. The second-order valence-corrected chi connectivity index (χ2v) is 3.79. The van der Waals surface area contributed by atoms with E-state index in [0.29, 0.717) is 23.1 Å². The van der Waals surface area contributed by atoms with E-state index < -0.39 is 0 Å². The predicted molar refractivity (Wildman–Crippen MR) is 65.4 cm³/mol. The van der Waals surface area contributed by atoms with Gasteiger partial charge in [0.25, 0.3) is 0 Å². The number of anilines is 1. The van der Waals surface area contributed by atoms with E-state index in [2.05, 4.69) is 5.10 Å². The molecule has 1 aromatic carbocycles. The number of rotatable bonds is 3. The number of nitrogens with two attached hydrogens (primary N) is 1. The molecule has 0 aliphatic heterocycles. The maximum Gasteiger partial charge on any atom is 0.217 e. The molecule has 5 nitrogen and oxygen atoms in total. The van der Waals surface area contributed by atoms with E-state index in [-0.39, 0.29) is 0 Å². The highest BCUT2D eigenvalue weighted by Crippen LogP contribution is 2.28. The highest BCUT2D eigenvalue weighted by Gasteiger charge is 2.06. The third kappa shape index (κ3) is 2.50. The summed E-state index contributed by atoms with van der Waals surface area (Å²) in [6.45, 7) is 1.91. The monoisotopic (exact) mass is 233 g/mol. The lowest BCUT2D eigenvalue weighted by Gasteiger charge is -2.08. The van der Waals surface area contributed by atoms with Crippen molar-refractivity contribution >= 4 is 5.69 Å². The molecule has 17 heavy (non-hydrogen) atoms. The van der Waals surface area contributed by atoms with Gasteiger partial charge in [0.15, 0.2) is 0 Å². The minimum atomic E-state index is 0.596. The summed E-state index contributed by atoms with van der Waals surface area (Å²) in [7, 11) is 3.42. The van der Waals surface area contributed by atoms with Crippen molar-refractivity contribution in [2.45, 2.75) is 6.92 Å². The highest BCUT2D eigenvalue weighted by atomic mass is 16.5. The Morgan fingerprint density at radius 2 is 1.88 bits per heavy atom. The van der Waals surface area contributed by atoms with Gasteiger partial charge in [-0.2, -0.15) is 5.10 Å². The molecule has 0 atom stereocenters. The number of nitrogens with zero attached hydrogens (tertiary/aromatic N) is 2. The van der Waals surface area contributed by atoms with Gasteiger partial charge in [-0.25, -0.2) is 4.68 Å². The fraction of sp³-hybridized carbons (Fsp3) is 0.250. The Kier molecular flexibility index (Phi) is 2.91. The lowest BCUT2D eigenvalue weighted by Crippen LogP contribution is -1.96. The Morgan fingerprint density at radius 1 is 1.18 bits per heavy atom. The third-order valence-electron chi connectivity index (χ3n) is 2.32. The first kappa shape index (κ1) is 11.3. The molecule has 0 bridgehead atoms. The van der Waals surface area contributed by atoms with Gasteiger partial charge in [-0.1, -0.05) is 0 Å². The molecule has 0 unspecified atom stereocenters. The summed E-state index contributed by atoms with van der Waals surface area (Å²) in [6.07, 6.45) is 0. The van der Waals surface area contributed by atoms with Crippen molar-refractivity contribution < 1.29 is 9.47 Å². The Balaban J connectivity index is 2.29. The van der Waals surface area contributed by atoms with Crippen molar-refractivity contribution in [2.75, 3.05) is 12.8 Å². The molecule has 0 radical (unpaired) electrons. The van der Waals surface area contributed by atoms with E-state index in [4.69, 9.17) is 15.2 Å². The van der Waals surface area contributed by atoms with Crippen LogP contribution in [-0.4, -0.2) is 16.9 Å². The predicted octanol–water partition coefficient (Wildman–Crippen LogP) is 2.11. The average molecular weight is 233 g/mol. The molecular weight excluding hydrogens is 218 g/mol. The van der Waals surface area contributed by atoms with Gasteiger partial charge < -0.3 is 15.2 Å². The molecule has 0 fully saturated rings. The molecule has 0 aliphatic rings. The van der Waals surface area contributed by atoms with Crippen LogP contribution in [0.15, 0.2) is 24.3 Å². The molecule has 0 saturated heterocycles. The van der Waals surface area contributed by atoms with Gasteiger partial charge in [0, 0.05) is 37.0 Å². The first-order valence-electron chi connectivity index (χ1n) is 5.21. The molecule has 0 amide bonds. The fourth-order valence-electron chi connectivity index (χ4n) is 1.57. The van der Waals surface area contributed by atoms with Gasteiger partial charge in [0.2, 0.25) is 5.88 Å². The van der Waals surface area contributed by atoms with Crippen LogP contribution >= 0.6 is 0 Å². The normalized spacial score (nSPS) is 10.3. The number of nitrogen functional groups attached to an aromatic ring is 1. The molecule has 2 aromatic rings. The van der Waals surface area contributed by atoms with Crippen LogP contribution in [0.25, 0.3) is 0 Å². The van der Waals surface area contributed by atoms with Gasteiger partial charge in [-0.15, -0.1) is 0 Å². The summed E-state index contributed by atoms with van der Waals surface area (Å²) in [5.41, 5.74) is 7.25. The maximum atomic E-state index is 5.75. The lowest BCUT2D eigenvalue weighted by atomic mass is 10.3.